The molecule has 0 radical (unpaired) electrons. The predicted octanol–water partition coefficient (Wildman–Crippen LogP) is 1.83. The van der Waals surface area contributed by atoms with Gasteiger partial charge in [0.2, 0.25) is 0 Å². The first-order valence-electron chi connectivity index (χ1n) is 7.48. The molecule has 2 aromatic rings. The summed E-state index contributed by atoms with van der Waals surface area (Å²) in [5.74, 6) is 0. The second-order valence-electron chi connectivity index (χ2n) is 5.26. The molecular weight excluding hydrogens is 266 g/mol. The molecule has 0 amide bonds. The van der Waals surface area contributed by atoms with Crippen molar-refractivity contribution in [1.82, 2.24) is 24.9 Å². The third kappa shape index (κ3) is 4.68. The van der Waals surface area contributed by atoms with Crippen LogP contribution in [0.2, 0.25) is 0 Å². The molecule has 0 saturated heterocycles. The second-order valence-corrected chi connectivity index (χ2v) is 5.26. The van der Waals surface area contributed by atoms with Crippen LogP contribution in [0.15, 0.2) is 24.7 Å². The summed E-state index contributed by atoms with van der Waals surface area (Å²) in [5.41, 5.74) is 2.21. The van der Waals surface area contributed by atoms with Gasteiger partial charge in [0, 0.05) is 44.2 Å². The number of rotatable bonds is 9. The molecule has 2 heterocycles. The average Bonchev–Trinajstić information content (AvgIpc) is 3.13. The molecule has 6 heteroatoms. The number of ether oxygens (including phenoxy) is 1. The molecule has 0 bridgehead atoms. The van der Waals surface area contributed by atoms with Gasteiger partial charge in [-0.05, 0) is 19.4 Å². The van der Waals surface area contributed by atoms with E-state index in [9.17, 15) is 0 Å². The Labute approximate surface area is 126 Å². The highest BCUT2D eigenvalue weighted by atomic mass is 16.5. The molecular formula is C15H25N5O. The first-order chi connectivity index (χ1) is 10.2. The molecule has 0 aliphatic carbocycles. The number of hydrogen-bond acceptors (Lipinski definition) is 4. The Morgan fingerprint density at radius 2 is 2.29 bits per heavy atom. The third-order valence-corrected chi connectivity index (χ3v) is 3.53. The first kappa shape index (κ1) is 15.7. The largest absolute Gasteiger partial charge is 0.383 e. The van der Waals surface area contributed by atoms with Gasteiger partial charge in [-0.2, -0.15) is 10.2 Å². The van der Waals surface area contributed by atoms with Gasteiger partial charge in [-0.3, -0.25) is 9.36 Å². The van der Waals surface area contributed by atoms with E-state index >= 15 is 0 Å². The van der Waals surface area contributed by atoms with Gasteiger partial charge in [-0.15, -0.1) is 0 Å². The monoisotopic (exact) mass is 291 g/mol. The van der Waals surface area contributed by atoms with Gasteiger partial charge in [0.15, 0.2) is 0 Å². The summed E-state index contributed by atoms with van der Waals surface area (Å²) in [4.78, 5) is 0. The number of methoxy groups -OCH3 is 1. The Morgan fingerprint density at radius 1 is 1.43 bits per heavy atom. The van der Waals surface area contributed by atoms with Crippen LogP contribution < -0.4 is 5.32 Å². The Kier molecular flexibility index (Phi) is 5.95. The first-order valence-corrected chi connectivity index (χ1v) is 7.48. The highest BCUT2D eigenvalue weighted by Crippen LogP contribution is 2.10. The highest BCUT2D eigenvalue weighted by molar-refractivity contribution is 5.06. The van der Waals surface area contributed by atoms with Crippen molar-refractivity contribution in [2.24, 2.45) is 0 Å². The van der Waals surface area contributed by atoms with E-state index in [1.54, 1.807) is 7.11 Å². The zero-order valence-electron chi connectivity index (χ0n) is 13.1. The Morgan fingerprint density at radius 3 is 3.05 bits per heavy atom. The summed E-state index contributed by atoms with van der Waals surface area (Å²) in [7, 11) is 1.71. The fourth-order valence-electron chi connectivity index (χ4n) is 2.05. The molecule has 6 nitrogen and oxygen atoms in total. The molecule has 1 atom stereocenters. The van der Waals surface area contributed by atoms with Crippen molar-refractivity contribution >= 4 is 0 Å². The molecule has 2 rings (SSSR count). The van der Waals surface area contributed by atoms with Crippen LogP contribution in [0.5, 0.6) is 0 Å². The van der Waals surface area contributed by atoms with Crippen molar-refractivity contribution < 1.29 is 4.74 Å². The lowest BCUT2D eigenvalue weighted by atomic mass is 10.3. The van der Waals surface area contributed by atoms with Crippen LogP contribution in [0.4, 0.5) is 0 Å². The zero-order valence-corrected chi connectivity index (χ0v) is 13.1. The molecule has 2 aromatic heterocycles. The lowest BCUT2D eigenvalue weighted by Gasteiger charge is -2.08. The van der Waals surface area contributed by atoms with E-state index in [2.05, 4.69) is 41.6 Å². The Hall–Kier alpha value is -1.66. The Balaban J connectivity index is 1.85. The van der Waals surface area contributed by atoms with Gasteiger partial charge in [0.25, 0.3) is 0 Å². The molecule has 0 spiro atoms. The maximum absolute atomic E-state index is 5.00. The van der Waals surface area contributed by atoms with Crippen LogP contribution >= 0.6 is 0 Å². The number of nitrogens with zero attached hydrogens (tertiary/aromatic N) is 4. The molecule has 1 unspecified atom stereocenters. The third-order valence-electron chi connectivity index (χ3n) is 3.53. The fourth-order valence-corrected chi connectivity index (χ4v) is 2.05. The fraction of sp³-hybridized carbons (Fsp3) is 0.600. The average molecular weight is 291 g/mol. The predicted molar refractivity (Wildman–Crippen MR) is 82.1 cm³/mol. The van der Waals surface area contributed by atoms with E-state index in [0.29, 0.717) is 12.6 Å². The molecule has 0 aliphatic rings. The molecule has 0 aromatic carbocycles. The number of nitrogens with one attached hydrogen (secondary N) is 1. The van der Waals surface area contributed by atoms with E-state index in [0.717, 1.165) is 31.8 Å². The van der Waals surface area contributed by atoms with Gasteiger partial charge in [-0.1, -0.05) is 6.92 Å². The van der Waals surface area contributed by atoms with E-state index in [-0.39, 0.29) is 0 Å². The van der Waals surface area contributed by atoms with Gasteiger partial charge in [0.1, 0.15) is 0 Å². The van der Waals surface area contributed by atoms with Crippen LogP contribution in [0.3, 0.4) is 0 Å². The molecule has 116 valence electrons. The van der Waals surface area contributed by atoms with Crippen molar-refractivity contribution in [2.75, 3.05) is 20.3 Å². The SMILES string of the molecule is CCC(C)n1ccc(Cn2cc(CNCCOC)cn2)n1. The molecule has 0 aliphatic heterocycles. The van der Waals surface area contributed by atoms with Gasteiger partial charge >= 0.3 is 0 Å². The molecule has 0 fully saturated rings. The summed E-state index contributed by atoms with van der Waals surface area (Å²) in [6, 6.07) is 2.50. The molecule has 0 saturated carbocycles. The van der Waals surface area contributed by atoms with E-state index in [4.69, 9.17) is 4.74 Å². The van der Waals surface area contributed by atoms with Crippen LogP contribution in [-0.4, -0.2) is 39.8 Å². The zero-order chi connectivity index (χ0) is 15.1. The minimum atomic E-state index is 0.442. The van der Waals surface area contributed by atoms with Crippen molar-refractivity contribution in [3.63, 3.8) is 0 Å². The van der Waals surface area contributed by atoms with Crippen molar-refractivity contribution in [3.8, 4) is 0 Å². The number of hydrogen-bond donors (Lipinski definition) is 1. The van der Waals surface area contributed by atoms with Crippen LogP contribution in [0, 0.1) is 0 Å². The lowest BCUT2D eigenvalue weighted by molar-refractivity contribution is 0.199. The number of aromatic nitrogens is 4. The topological polar surface area (TPSA) is 56.9 Å². The van der Waals surface area contributed by atoms with Crippen molar-refractivity contribution in [2.45, 2.75) is 39.4 Å². The summed E-state index contributed by atoms with van der Waals surface area (Å²) in [6.45, 7) is 7.44. The van der Waals surface area contributed by atoms with Gasteiger partial charge in [0.05, 0.1) is 25.0 Å². The van der Waals surface area contributed by atoms with Crippen molar-refractivity contribution in [3.05, 3.63) is 35.9 Å². The second kappa shape index (κ2) is 7.95. The van der Waals surface area contributed by atoms with Crippen LogP contribution in [0.1, 0.15) is 37.6 Å². The normalized spacial score (nSPS) is 12.7. The summed E-state index contributed by atoms with van der Waals surface area (Å²) >= 11 is 0. The molecule has 1 N–H and O–H groups in total. The standard InChI is InChI=1S/C15H25N5O/c1-4-13(2)20-7-5-15(18-20)12-19-11-14(10-17-19)9-16-6-8-21-3/h5,7,10-11,13,16H,4,6,8-9,12H2,1-3H3. The quantitative estimate of drug-likeness (QED) is 0.716. The smallest absolute Gasteiger partial charge is 0.0849 e. The van der Waals surface area contributed by atoms with E-state index in [1.165, 1.54) is 5.56 Å². The lowest BCUT2D eigenvalue weighted by Crippen LogP contribution is -2.18. The molecule has 21 heavy (non-hydrogen) atoms. The summed E-state index contributed by atoms with van der Waals surface area (Å²) < 4.78 is 8.95. The minimum absolute atomic E-state index is 0.442. The van der Waals surface area contributed by atoms with E-state index in [1.807, 2.05) is 21.8 Å². The Bertz CT molecular complexity index is 534. The van der Waals surface area contributed by atoms with Crippen molar-refractivity contribution in [1.29, 1.82) is 0 Å². The maximum atomic E-state index is 5.00. The van der Waals surface area contributed by atoms with E-state index < -0.39 is 0 Å². The summed E-state index contributed by atoms with van der Waals surface area (Å²) in [5, 5.41) is 12.3. The van der Waals surface area contributed by atoms with Gasteiger partial charge < -0.3 is 10.1 Å². The summed E-state index contributed by atoms with van der Waals surface area (Å²) in [6.07, 6.45) is 7.08. The highest BCUT2D eigenvalue weighted by Gasteiger charge is 2.06. The van der Waals surface area contributed by atoms with Gasteiger partial charge in [-0.25, -0.2) is 0 Å². The van der Waals surface area contributed by atoms with Crippen LogP contribution in [0.25, 0.3) is 0 Å². The van der Waals surface area contributed by atoms with Crippen LogP contribution in [-0.2, 0) is 17.8 Å². The minimum Gasteiger partial charge on any atom is -0.383 e. The maximum Gasteiger partial charge on any atom is 0.0849 e.